The molecule has 0 aliphatic rings. The van der Waals surface area contributed by atoms with E-state index in [1.807, 2.05) is 27.7 Å². The fraction of sp³-hybridized carbons (Fsp3) is 0.917. The van der Waals surface area contributed by atoms with Gasteiger partial charge in [0.05, 0.1) is 0 Å². The average Bonchev–Trinajstić information content (AvgIpc) is 2.13. The number of carbonyl (C=O) groups excluding carboxylic acids is 1. The second kappa shape index (κ2) is 7.49. The molecular weight excluding hydrogens is 206 g/mol. The van der Waals surface area contributed by atoms with Crippen LogP contribution in [0.3, 0.4) is 0 Å². The Kier molecular flexibility index (Phi) is 7.13. The summed E-state index contributed by atoms with van der Waals surface area (Å²) < 4.78 is 5.29. The van der Waals surface area contributed by atoms with Crippen molar-refractivity contribution in [3.05, 3.63) is 0 Å². The van der Waals surface area contributed by atoms with Crippen molar-refractivity contribution in [3.8, 4) is 0 Å². The van der Waals surface area contributed by atoms with Crippen LogP contribution in [0, 0.1) is 0 Å². The van der Waals surface area contributed by atoms with Crippen LogP contribution in [0.2, 0.25) is 0 Å². The molecule has 1 unspecified atom stereocenters. The molecule has 0 aromatic rings. The van der Waals surface area contributed by atoms with Gasteiger partial charge in [-0.3, -0.25) is 0 Å². The van der Waals surface area contributed by atoms with Crippen molar-refractivity contribution in [1.29, 1.82) is 0 Å². The third kappa shape index (κ3) is 8.53. The van der Waals surface area contributed by atoms with Crippen LogP contribution in [0.25, 0.3) is 0 Å². The largest absolute Gasteiger partial charge is 0.446 e. The number of aliphatic hydroxyl groups is 1. The van der Waals surface area contributed by atoms with Gasteiger partial charge in [0.15, 0.2) is 0 Å². The van der Waals surface area contributed by atoms with Gasteiger partial charge in [-0.25, -0.2) is 4.79 Å². The predicted octanol–water partition coefficient (Wildman–Crippen LogP) is 2.45. The molecule has 0 radical (unpaired) electrons. The summed E-state index contributed by atoms with van der Waals surface area (Å²) in [4.78, 5) is 11.5. The fourth-order valence-electron chi connectivity index (χ4n) is 1.32. The average molecular weight is 231 g/mol. The Morgan fingerprint density at radius 2 is 2.00 bits per heavy atom. The first-order valence-electron chi connectivity index (χ1n) is 5.98. The Bertz CT molecular complexity index is 199. The molecule has 1 atom stereocenters. The van der Waals surface area contributed by atoms with Crippen molar-refractivity contribution < 1.29 is 14.6 Å². The Balaban J connectivity index is 3.88. The number of ether oxygens (including phenoxy) is 1. The highest BCUT2D eigenvalue weighted by Crippen LogP contribution is 2.10. The second-order valence-corrected chi connectivity index (χ2v) is 5.03. The third-order valence-corrected chi connectivity index (χ3v) is 2.14. The van der Waals surface area contributed by atoms with Crippen LogP contribution in [0.5, 0.6) is 0 Å². The smallest absolute Gasteiger partial charge is 0.407 e. The monoisotopic (exact) mass is 231 g/mol. The molecule has 0 aromatic carbocycles. The molecule has 0 saturated carbocycles. The number of unbranched alkanes of at least 4 members (excludes halogenated alkanes) is 1. The summed E-state index contributed by atoms with van der Waals surface area (Å²) in [5.74, 6) is 0. The molecule has 0 bridgehead atoms. The molecule has 0 heterocycles. The summed E-state index contributed by atoms with van der Waals surface area (Å²) in [5, 5.41) is 11.4. The highest BCUT2D eigenvalue weighted by Gasteiger charge is 2.17. The van der Waals surface area contributed by atoms with Crippen molar-refractivity contribution in [2.45, 2.75) is 65.0 Å². The maximum Gasteiger partial charge on any atom is 0.407 e. The zero-order chi connectivity index (χ0) is 12.6. The van der Waals surface area contributed by atoms with E-state index in [0.29, 0.717) is 0 Å². The first-order chi connectivity index (χ1) is 7.39. The molecule has 4 nitrogen and oxygen atoms in total. The minimum absolute atomic E-state index is 0.0473. The summed E-state index contributed by atoms with van der Waals surface area (Å²) >= 11 is 0. The Morgan fingerprint density at radius 1 is 1.38 bits per heavy atom. The standard InChI is InChI=1S/C12H25NO3/c1-5-10(8-6-7-9-14)16-11(15)13-12(2,3)4/h10,14H,5-9H2,1-4H3,(H,13,15). The van der Waals surface area contributed by atoms with Gasteiger partial charge in [-0.05, 0) is 46.5 Å². The van der Waals surface area contributed by atoms with E-state index in [4.69, 9.17) is 9.84 Å². The number of amides is 1. The van der Waals surface area contributed by atoms with E-state index in [1.54, 1.807) is 0 Å². The SMILES string of the molecule is CCC(CCCCO)OC(=O)NC(C)(C)C. The summed E-state index contributed by atoms with van der Waals surface area (Å²) in [6, 6.07) is 0. The topological polar surface area (TPSA) is 58.6 Å². The normalized spacial score (nSPS) is 13.3. The Hall–Kier alpha value is -0.770. The highest BCUT2D eigenvalue weighted by atomic mass is 16.6. The summed E-state index contributed by atoms with van der Waals surface area (Å²) in [5.41, 5.74) is -0.263. The molecule has 0 spiro atoms. The fourth-order valence-corrected chi connectivity index (χ4v) is 1.32. The number of carbonyl (C=O) groups is 1. The van der Waals surface area contributed by atoms with Gasteiger partial charge in [-0.1, -0.05) is 6.92 Å². The molecule has 0 aliphatic carbocycles. The number of nitrogens with one attached hydrogen (secondary N) is 1. The molecule has 2 N–H and O–H groups in total. The first-order valence-corrected chi connectivity index (χ1v) is 5.98. The molecule has 96 valence electrons. The van der Waals surface area contributed by atoms with E-state index in [2.05, 4.69) is 5.32 Å². The van der Waals surface area contributed by atoms with Crippen LogP contribution in [0.4, 0.5) is 4.79 Å². The molecule has 0 saturated heterocycles. The molecule has 0 aromatic heterocycles. The van der Waals surface area contributed by atoms with Crippen molar-refractivity contribution in [2.75, 3.05) is 6.61 Å². The Labute approximate surface area is 98.4 Å². The number of hydrogen-bond donors (Lipinski definition) is 2. The van der Waals surface area contributed by atoms with E-state index in [9.17, 15) is 4.79 Å². The van der Waals surface area contributed by atoms with Crippen LogP contribution in [-0.4, -0.2) is 29.4 Å². The van der Waals surface area contributed by atoms with Crippen molar-refractivity contribution in [2.24, 2.45) is 0 Å². The molecule has 16 heavy (non-hydrogen) atoms. The molecule has 0 fully saturated rings. The van der Waals surface area contributed by atoms with Crippen LogP contribution in [0.1, 0.15) is 53.4 Å². The summed E-state index contributed by atoms with van der Waals surface area (Å²) in [7, 11) is 0. The highest BCUT2D eigenvalue weighted by molar-refractivity contribution is 5.68. The number of aliphatic hydroxyl groups excluding tert-OH is 1. The van der Waals surface area contributed by atoms with Crippen LogP contribution < -0.4 is 5.32 Å². The van der Waals surface area contributed by atoms with Crippen molar-refractivity contribution in [3.63, 3.8) is 0 Å². The van der Waals surface area contributed by atoms with Gasteiger partial charge in [0.1, 0.15) is 6.10 Å². The predicted molar refractivity (Wildman–Crippen MR) is 64.4 cm³/mol. The van der Waals surface area contributed by atoms with Gasteiger partial charge >= 0.3 is 6.09 Å². The van der Waals surface area contributed by atoms with E-state index in [1.165, 1.54) is 0 Å². The van der Waals surface area contributed by atoms with E-state index < -0.39 is 0 Å². The first kappa shape index (κ1) is 15.2. The van der Waals surface area contributed by atoms with Crippen molar-refractivity contribution in [1.82, 2.24) is 5.32 Å². The molecule has 0 aliphatic heterocycles. The van der Waals surface area contributed by atoms with Crippen LogP contribution in [-0.2, 0) is 4.74 Å². The van der Waals surface area contributed by atoms with Gasteiger partial charge < -0.3 is 15.2 Å². The van der Waals surface area contributed by atoms with Gasteiger partial charge in [-0.2, -0.15) is 0 Å². The van der Waals surface area contributed by atoms with Crippen LogP contribution in [0.15, 0.2) is 0 Å². The van der Waals surface area contributed by atoms with E-state index in [-0.39, 0.29) is 24.3 Å². The quantitative estimate of drug-likeness (QED) is 0.690. The van der Waals surface area contributed by atoms with E-state index >= 15 is 0 Å². The van der Waals surface area contributed by atoms with E-state index in [0.717, 1.165) is 25.7 Å². The maximum absolute atomic E-state index is 11.5. The molecule has 1 amide bonds. The minimum Gasteiger partial charge on any atom is -0.446 e. The van der Waals surface area contributed by atoms with Gasteiger partial charge in [-0.15, -0.1) is 0 Å². The lowest BCUT2D eigenvalue weighted by Gasteiger charge is -2.23. The van der Waals surface area contributed by atoms with Crippen molar-refractivity contribution >= 4 is 6.09 Å². The third-order valence-electron chi connectivity index (χ3n) is 2.14. The van der Waals surface area contributed by atoms with Crippen LogP contribution >= 0.6 is 0 Å². The van der Waals surface area contributed by atoms with Gasteiger partial charge in [0.25, 0.3) is 0 Å². The maximum atomic E-state index is 11.5. The summed E-state index contributed by atoms with van der Waals surface area (Å²) in [6.45, 7) is 7.95. The molecular formula is C12H25NO3. The zero-order valence-electron chi connectivity index (χ0n) is 10.9. The lowest BCUT2D eigenvalue weighted by atomic mass is 10.1. The zero-order valence-corrected chi connectivity index (χ0v) is 10.9. The number of alkyl carbamates (subject to hydrolysis) is 1. The minimum atomic E-state index is -0.358. The number of rotatable bonds is 6. The number of hydrogen-bond acceptors (Lipinski definition) is 3. The molecule has 4 heteroatoms. The van der Waals surface area contributed by atoms with Gasteiger partial charge in [0.2, 0.25) is 0 Å². The lowest BCUT2D eigenvalue weighted by molar-refractivity contribution is 0.0820. The second-order valence-electron chi connectivity index (χ2n) is 5.03. The lowest BCUT2D eigenvalue weighted by Crippen LogP contribution is -2.42. The summed E-state index contributed by atoms with van der Waals surface area (Å²) in [6.07, 6.45) is 2.87. The Morgan fingerprint density at radius 3 is 2.44 bits per heavy atom. The molecule has 0 rings (SSSR count). The van der Waals surface area contributed by atoms with Gasteiger partial charge in [0, 0.05) is 12.1 Å².